The van der Waals surface area contributed by atoms with Gasteiger partial charge < -0.3 is 4.18 Å². The number of hydrogen-bond acceptors (Lipinski definition) is 5. The number of fused-ring (bicyclic) bond motifs is 1. The highest BCUT2D eigenvalue weighted by Crippen LogP contribution is 2.28. The van der Waals surface area contributed by atoms with E-state index in [0.29, 0.717) is 0 Å². The Labute approximate surface area is 92.7 Å². The van der Waals surface area contributed by atoms with Crippen molar-refractivity contribution >= 4 is 15.6 Å². The molecule has 0 aromatic carbocycles. The maximum absolute atomic E-state index is 12.1. The predicted octanol–water partition coefficient (Wildman–Crippen LogP) is 0.958. The van der Waals surface area contributed by atoms with E-state index in [9.17, 15) is 21.6 Å². The van der Waals surface area contributed by atoms with Crippen molar-refractivity contribution in [3.05, 3.63) is 24.5 Å². The molecule has 0 fully saturated rings. The summed E-state index contributed by atoms with van der Waals surface area (Å²) in [5, 5.41) is 7.18. The van der Waals surface area contributed by atoms with E-state index in [1.165, 1.54) is 18.3 Å². The zero-order valence-electron chi connectivity index (χ0n) is 7.92. The third kappa shape index (κ3) is 2.02. The minimum Gasteiger partial charge on any atom is -0.372 e. The Morgan fingerprint density at radius 3 is 2.65 bits per heavy atom. The molecule has 6 nitrogen and oxygen atoms in total. The van der Waals surface area contributed by atoms with Gasteiger partial charge in [0.2, 0.25) is 0 Å². The first kappa shape index (κ1) is 11.6. The summed E-state index contributed by atoms with van der Waals surface area (Å²) in [7, 11) is -5.69. The summed E-state index contributed by atoms with van der Waals surface area (Å²) in [4.78, 5) is 0. The van der Waals surface area contributed by atoms with Crippen LogP contribution in [0.15, 0.2) is 24.5 Å². The van der Waals surface area contributed by atoms with Crippen LogP contribution < -0.4 is 4.18 Å². The maximum Gasteiger partial charge on any atom is 0.534 e. The van der Waals surface area contributed by atoms with Crippen LogP contribution in [0.3, 0.4) is 0 Å². The molecule has 0 aliphatic rings. The summed E-state index contributed by atoms with van der Waals surface area (Å²) in [6.45, 7) is 0. The highest BCUT2D eigenvalue weighted by atomic mass is 32.2. The average molecular weight is 267 g/mol. The van der Waals surface area contributed by atoms with Crippen LogP contribution in [0.1, 0.15) is 0 Å². The number of nitrogens with zero attached hydrogens (tertiary/aromatic N) is 3. The van der Waals surface area contributed by atoms with E-state index in [4.69, 9.17) is 0 Å². The summed E-state index contributed by atoms with van der Waals surface area (Å²) in [5.41, 5.74) is -5.47. The first-order valence-corrected chi connectivity index (χ1v) is 5.52. The minimum atomic E-state index is -5.69. The quantitative estimate of drug-likeness (QED) is 0.598. The maximum atomic E-state index is 12.1. The van der Waals surface area contributed by atoms with E-state index in [0.717, 1.165) is 10.8 Å². The van der Waals surface area contributed by atoms with Crippen LogP contribution in [0.4, 0.5) is 13.2 Å². The lowest BCUT2D eigenvalue weighted by Crippen LogP contribution is -2.28. The standard InChI is InChI=1S/C7H4F3N3O3S/c8-7(9,10)17(14,15)16-6-4-12-13-5(6)2-1-3-11-13/h1-4H. The van der Waals surface area contributed by atoms with Gasteiger partial charge in [-0.2, -0.15) is 31.8 Å². The van der Waals surface area contributed by atoms with Crippen molar-refractivity contribution in [1.82, 2.24) is 14.8 Å². The number of rotatable bonds is 2. The molecule has 10 heteroatoms. The largest absolute Gasteiger partial charge is 0.534 e. The van der Waals surface area contributed by atoms with Crippen LogP contribution in [-0.4, -0.2) is 28.8 Å². The van der Waals surface area contributed by atoms with Gasteiger partial charge in [-0.15, -0.1) is 4.63 Å². The third-order valence-electron chi connectivity index (χ3n) is 1.75. The molecule has 0 radical (unpaired) electrons. The van der Waals surface area contributed by atoms with Crippen LogP contribution >= 0.6 is 0 Å². The zero-order chi connectivity index (χ0) is 12.7. The number of hydrogen-bond donors (Lipinski definition) is 0. The molecule has 0 aliphatic carbocycles. The molecule has 0 spiro atoms. The molecule has 0 saturated carbocycles. The molecule has 0 aliphatic heterocycles. The van der Waals surface area contributed by atoms with Crippen molar-refractivity contribution < 1.29 is 25.8 Å². The fraction of sp³-hybridized carbons (Fsp3) is 0.143. The third-order valence-corrected chi connectivity index (χ3v) is 2.72. The first-order chi connectivity index (χ1) is 7.81. The molecule has 0 N–H and O–H groups in total. The van der Waals surface area contributed by atoms with Gasteiger partial charge in [0.05, 0.1) is 6.20 Å². The van der Waals surface area contributed by atoms with Gasteiger partial charge in [0.25, 0.3) is 0 Å². The summed E-state index contributed by atoms with van der Waals surface area (Å²) >= 11 is 0. The van der Waals surface area contributed by atoms with E-state index in [-0.39, 0.29) is 5.52 Å². The SMILES string of the molecule is O=S(=O)(Oc1cnn2ncccc12)C(F)(F)F. The molecule has 2 rings (SSSR count). The van der Waals surface area contributed by atoms with Crippen LogP contribution in [0.5, 0.6) is 5.75 Å². The molecule has 2 heterocycles. The van der Waals surface area contributed by atoms with Crippen molar-refractivity contribution in [2.45, 2.75) is 5.51 Å². The second kappa shape index (κ2) is 3.58. The second-order valence-electron chi connectivity index (χ2n) is 2.89. The van der Waals surface area contributed by atoms with Gasteiger partial charge in [-0.25, -0.2) is 0 Å². The van der Waals surface area contributed by atoms with Crippen molar-refractivity contribution in [1.29, 1.82) is 0 Å². The Balaban J connectivity index is 2.44. The molecular formula is C7H4F3N3O3S. The van der Waals surface area contributed by atoms with Gasteiger partial charge in [0, 0.05) is 6.20 Å². The number of aromatic nitrogens is 3. The van der Waals surface area contributed by atoms with Crippen molar-refractivity contribution in [3.8, 4) is 5.75 Å². The van der Waals surface area contributed by atoms with E-state index in [1.54, 1.807) is 0 Å². The fourth-order valence-corrected chi connectivity index (χ4v) is 1.50. The monoisotopic (exact) mass is 267 g/mol. The van der Waals surface area contributed by atoms with Crippen LogP contribution in [0, 0.1) is 0 Å². The Morgan fingerprint density at radius 1 is 1.29 bits per heavy atom. The lowest BCUT2D eigenvalue weighted by molar-refractivity contribution is -0.0499. The van der Waals surface area contributed by atoms with Crippen LogP contribution in [0.2, 0.25) is 0 Å². The minimum absolute atomic E-state index is 0.0142. The van der Waals surface area contributed by atoms with Gasteiger partial charge >= 0.3 is 15.6 Å². The summed E-state index contributed by atoms with van der Waals surface area (Å²) in [6, 6.07) is 2.73. The lowest BCUT2D eigenvalue weighted by atomic mass is 10.4. The van der Waals surface area contributed by atoms with Gasteiger partial charge in [-0.1, -0.05) is 0 Å². The summed E-state index contributed by atoms with van der Waals surface area (Å²) in [6.07, 6.45) is 2.17. The Morgan fingerprint density at radius 2 is 2.00 bits per heavy atom. The number of halogens is 3. The zero-order valence-corrected chi connectivity index (χ0v) is 8.73. The topological polar surface area (TPSA) is 73.6 Å². The van der Waals surface area contributed by atoms with Gasteiger partial charge in [0.1, 0.15) is 5.52 Å². The molecule has 0 amide bonds. The van der Waals surface area contributed by atoms with Crippen molar-refractivity contribution in [2.75, 3.05) is 0 Å². The molecule has 92 valence electrons. The Kier molecular flexibility index (Phi) is 2.45. The van der Waals surface area contributed by atoms with Gasteiger partial charge in [0.15, 0.2) is 5.75 Å². The van der Waals surface area contributed by atoms with Crippen molar-refractivity contribution in [3.63, 3.8) is 0 Å². The molecule has 0 atom stereocenters. The second-order valence-corrected chi connectivity index (χ2v) is 4.43. The van der Waals surface area contributed by atoms with E-state index in [2.05, 4.69) is 14.4 Å². The first-order valence-electron chi connectivity index (χ1n) is 4.11. The Hall–Kier alpha value is -1.84. The molecule has 0 bridgehead atoms. The Bertz CT molecular complexity index is 649. The highest BCUT2D eigenvalue weighted by Gasteiger charge is 2.48. The van der Waals surface area contributed by atoms with Crippen LogP contribution in [0.25, 0.3) is 5.52 Å². The molecule has 0 saturated heterocycles. The molecule has 2 aromatic rings. The summed E-state index contributed by atoms with van der Waals surface area (Å²) in [5.74, 6) is -0.532. The van der Waals surface area contributed by atoms with Gasteiger partial charge in [-0.3, -0.25) is 0 Å². The smallest absolute Gasteiger partial charge is 0.372 e. The predicted molar refractivity (Wildman–Crippen MR) is 48.6 cm³/mol. The normalized spacial score (nSPS) is 12.9. The van der Waals surface area contributed by atoms with E-state index in [1.807, 2.05) is 0 Å². The van der Waals surface area contributed by atoms with Crippen LogP contribution in [-0.2, 0) is 10.1 Å². The average Bonchev–Trinajstić information content (AvgIpc) is 2.60. The van der Waals surface area contributed by atoms with Crippen molar-refractivity contribution in [2.24, 2.45) is 0 Å². The fourth-order valence-electron chi connectivity index (χ4n) is 1.04. The summed E-state index contributed by atoms with van der Waals surface area (Å²) < 4.78 is 62.6. The lowest BCUT2D eigenvalue weighted by Gasteiger charge is -2.07. The van der Waals surface area contributed by atoms with E-state index < -0.39 is 21.4 Å². The molecule has 2 aromatic heterocycles. The molecular weight excluding hydrogens is 263 g/mol. The molecule has 17 heavy (non-hydrogen) atoms. The molecule has 0 unspecified atom stereocenters. The number of alkyl halides is 3. The van der Waals surface area contributed by atoms with E-state index >= 15 is 0 Å². The highest BCUT2D eigenvalue weighted by molar-refractivity contribution is 7.88. The van der Waals surface area contributed by atoms with Gasteiger partial charge in [-0.05, 0) is 12.1 Å².